The van der Waals surface area contributed by atoms with Crippen LogP contribution in [0, 0.1) is 11.3 Å². The van der Waals surface area contributed by atoms with Gasteiger partial charge in [-0.2, -0.15) is 0 Å². The fourth-order valence-corrected chi connectivity index (χ4v) is 3.56. The van der Waals surface area contributed by atoms with E-state index in [1.807, 2.05) is 48.5 Å². The Hall–Kier alpha value is -3.93. The zero-order chi connectivity index (χ0) is 23.1. The van der Waals surface area contributed by atoms with Crippen LogP contribution in [0.3, 0.4) is 0 Å². The number of nitrogens with one attached hydrogen (secondary N) is 3. The third-order valence-corrected chi connectivity index (χ3v) is 5.39. The quantitative estimate of drug-likeness (QED) is 0.303. The van der Waals surface area contributed by atoms with Crippen molar-refractivity contribution in [3.63, 3.8) is 0 Å². The van der Waals surface area contributed by atoms with Gasteiger partial charge >= 0.3 is 5.97 Å². The summed E-state index contributed by atoms with van der Waals surface area (Å²) in [6.07, 6.45) is 0.322. The molecule has 3 rings (SSSR count). The number of esters is 1. The average molecular weight is 429 g/mol. The Bertz CT molecular complexity index is 1090. The highest BCUT2D eigenvalue weighted by Gasteiger charge is 2.28. The van der Waals surface area contributed by atoms with Gasteiger partial charge in [0.05, 0.1) is 13.0 Å². The van der Waals surface area contributed by atoms with Crippen LogP contribution < -0.4 is 5.32 Å². The van der Waals surface area contributed by atoms with Crippen molar-refractivity contribution in [2.24, 2.45) is 5.92 Å². The van der Waals surface area contributed by atoms with Crippen molar-refractivity contribution in [1.29, 1.82) is 5.41 Å². The van der Waals surface area contributed by atoms with E-state index in [0.717, 1.165) is 16.7 Å². The summed E-state index contributed by atoms with van der Waals surface area (Å²) in [5, 5.41) is 10.4. The summed E-state index contributed by atoms with van der Waals surface area (Å²) >= 11 is 0. The second-order valence-electron chi connectivity index (χ2n) is 7.61. The minimum Gasteiger partial charge on any atom is -0.482 e. The molecule has 6 nitrogen and oxygen atoms in total. The average Bonchev–Trinajstić information content (AvgIpc) is 2.82. The van der Waals surface area contributed by atoms with E-state index in [1.54, 1.807) is 37.3 Å². The van der Waals surface area contributed by atoms with E-state index in [2.05, 4.69) is 5.32 Å². The minimum atomic E-state index is -0.609. The molecule has 32 heavy (non-hydrogen) atoms. The lowest BCUT2D eigenvalue weighted by atomic mass is 9.92. The predicted molar refractivity (Wildman–Crippen MR) is 126 cm³/mol. The minimum absolute atomic E-state index is 0.271. The van der Waals surface area contributed by atoms with Crippen LogP contribution in [0.15, 0.2) is 78.9 Å². The van der Waals surface area contributed by atoms with E-state index < -0.39 is 17.9 Å². The molecule has 1 amide bonds. The maximum Gasteiger partial charge on any atom is 0.311 e. The summed E-state index contributed by atoms with van der Waals surface area (Å²) in [5.74, 6) is -1.60. The molecule has 0 aliphatic rings. The molecular formula is C26H26N3O3-. The number of amides is 1. The summed E-state index contributed by atoms with van der Waals surface area (Å²) in [6.45, 7) is 1.77. The van der Waals surface area contributed by atoms with Gasteiger partial charge in [0.25, 0.3) is 5.91 Å². The van der Waals surface area contributed by atoms with E-state index in [0.29, 0.717) is 17.5 Å². The van der Waals surface area contributed by atoms with E-state index >= 15 is 0 Å². The van der Waals surface area contributed by atoms with Gasteiger partial charge in [-0.15, -0.1) is 0 Å². The third-order valence-electron chi connectivity index (χ3n) is 5.39. The summed E-state index contributed by atoms with van der Waals surface area (Å²) in [4.78, 5) is 25.2. The maximum absolute atomic E-state index is 12.8. The molecule has 0 fully saturated rings. The fraction of sp³-hybridized carbons (Fsp3) is 0.192. The Labute approximate surface area is 187 Å². The van der Waals surface area contributed by atoms with Crippen molar-refractivity contribution in [3.8, 4) is 11.1 Å². The molecule has 0 radical (unpaired) electrons. The highest BCUT2D eigenvalue weighted by molar-refractivity contribution is 6.02. The van der Waals surface area contributed by atoms with Crippen LogP contribution in [0.4, 0.5) is 0 Å². The third kappa shape index (κ3) is 5.60. The van der Waals surface area contributed by atoms with Crippen molar-refractivity contribution < 1.29 is 14.3 Å². The van der Waals surface area contributed by atoms with Crippen LogP contribution in [0.25, 0.3) is 16.9 Å². The second kappa shape index (κ2) is 10.4. The standard InChI is InChI=1S/C26H27N3O3/c1-17(23(26(31)32-2)16-18-7-6-10-22(15-18)24(27)28)29-25(30)21-13-11-20(12-14-21)19-8-4-3-5-9-19/h3-15,17,23H,16H2,1-2H3,(H4,27,28,29,30)/p-1/t17-,23-/m1/s1. The van der Waals surface area contributed by atoms with Crippen LogP contribution in [-0.4, -0.2) is 30.9 Å². The summed E-state index contributed by atoms with van der Waals surface area (Å²) < 4.78 is 4.97. The largest absolute Gasteiger partial charge is 0.482 e. The van der Waals surface area contributed by atoms with Gasteiger partial charge in [-0.3, -0.25) is 9.59 Å². The molecule has 0 aromatic heterocycles. The molecule has 0 bridgehead atoms. The number of carbonyl (C=O) groups is 2. The molecule has 3 aromatic carbocycles. The topological polar surface area (TPSA) is 103 Å². The first-order valence-corrected chi connectivity index (χ1v) is 10.3. The van der Waals surface area contributed by atoms with Crippen LogP contribution in [0.2, 0.25) is 0 Å². The molecule has 6 heteroatoms. The normalized spacial score (nSPS) is 12.4. The van der Waals surface area contributed by atoms with Gasteiger partial charge in [-0.25, -0.2) is 0 Å². The molecule has 0 heterocycles. The molecule has 0 saturated carbocycles. The van der Waals surface area contributed by atoms with Crippen LogP contribution in [0.1, 0.15) is 28.4 Å². The molecule has 3 aromatic rings. The first kappa shape index (κ1) is 22.7. The molecule has 0 spiro atoms. The molecule has 3 N–H and O–H groups in total. The summed E-state index contributed by atoms with van der Waals surface area (Å²) in [7, 11) is 1.32. The first-order valence-electron chi connectivity index (χ1n) is 10.3. The zero-order valence-electron chi connectivity index (χ0n) is 18.1. The zero-order valence-corrected chi connectivity index (χ0v) is 18.1. The number of ether oxygens (including phenoxy) is 1. The molecule has 0 aliphatic carbocycles. The lowest BCUT2D eigenvalue weighted by Gasteiger charge is -2.23. The Balaban J connectivity index is 1.72. The first-order chi connectivity index (χ1) is 15.4. The molecule has 2 atom stereocenters. The van der Waals surface area contributed by atoms with Gasteiger partial charge in [0.15, 0.2) is 0 Å². The number of rotatable bonds is 8. The fourth-order valence-electron chi connectivity index (χ4n) is 3.56. The summed E-state index contributed by atoms with van der Waals surface area (Å²) in [5.41, 5.74) is 11.4. The number of benzene rings is 3. The van der Waals surface area contributed by atoms with Gasteiger partial charge in [0.2, 0.25) is 0 Å². The van der Waals surface area contributed by atoms with Crippen LogP contribution >= 0.6 is 0 Å². The van der Waals surface area contributed by atoms with Crippen molar-refractivity contribution in [1.82, 2.24) is 5.32 Å². The number of methoxy groups -OCH3 is 1. The maximum atomic E-state index is 12.8. The smallest absolute Gasteiger partial charge is 0.311 e. The molecule has 164 valence electrons. The number of hydrogen-bond acceptors (Lipinski definition) is 4. The van der Waals surface area contributed by atoms with E-state index in [9.17, 15) is 9.59 Å². The van der Waals surface area contributed by atoms with Crippen molar-refractivity contribution in [2.75, 3.05) is 7.11 Å². The van der Waals surface area contributed by atoms with Gasteiger partial charge in [-0.05, 0) is 47.7 Å². The van der Waals surface area contributed by atoms with Gasteiger partial charge in [0.1, 0.15) is 0 Å². The number of carbonyl (C=O) groups excluding carboxylic acids is 2. The van der Waals surface area contributed by atoms with Gasteiger partial charge < -0.3 is 21.2 Å². The predicted octanol–water partition coefficient (Wildman–Crippen LogP) is 4.88. The molecule has 0 saturated heterocycles. The summed E-state index contributed by atoms with van der Waals surface area (Å²) in [6, 6.07) is 23.7. The molecule has 0 unspecified atom stereocenters. The van der Waals surface area contributed by atoms with E-state index in [1.165, 1.54) is 7.11 Å². The Morgan fingerprint density at radius 3 is 2.22 bits per heavy atom. The number of hydrogen-bond donors (Lipinski definition) is 2. The van der Waals surface area contributed by atoms with Crippen LogP contribution in [-0.2, 0) is 16.0 Å². The Kier molecular flexibility index (Phi) is 7.39. The molecule has 0 aliphatic heterocycles. The lowest BCUT2D eigenvalue weighted by molar-refractivity contribution is -0.146. The van der Waals surface area contributed by atoms with Crippen molar-refractivity contribution in [3.05, 3.63) is 101 Å². The highest BCUT2D eigenvalue weighted by Crippen LogP contribution is 2.20. The lowest BCUT2D eigenvalue weighted by Crippen LogP contribution is -2.42. The van der Waals surface area contributed by atoms with Crippen molar-refractivity contribution >= 4 is 17.7 Å². The van der Waals surface area contributed by atoms with E-state index in [4.69, 9.17) is 15.9 Å². The Morgan fingerprint density at radius 2 is 1.59 bits per heavy atom. The van der Waals surface area contributed by atoms with Crippen LogP contribution in [0.5, 0.6) is 0 Å². The molecular weight excluding hydrogens is 402 g/mol. The highest BCUT2D eigenvalue weighted by atomic mass is 16.5. The van der Waals surface area contributed by atoms with Gasteiger partial charge in [-0.1, -0.05) is 72.6 Å². The Morgan fingerprint density at radius 1 is 0.938 bits per heavy atom. The SMILES string of the molecule is COC(=O)[C@H](Cc1cccc(C(=N)[NH-])c1)[C@@H](C)NC(=O)c1ccc(-c2ccccc2)cc1. The second-order valence-corrected chi connectivity index (χ2v) is 7.61. The van der Waals surface area contributed by atoms with Gasteiger partial charge in [0, 0.05) is 11.6 Å². The monoisotopic (exact) mass is 428 g/mol. The van der Waals surface area contributed by atoms with E-state index in [-0.39, 0.29) is 11.7 Å². The van der Waals surface area contributed by atoms with Crippen molar-refractivity contribution in [2.45, 2.75) is 19.4 Å². The number of amidine groups is 1.